The molecule has 23 heavy (non-hydrogen) atoms. The van der Waals surface area contributed by atoms with Crippen LogP contribution in [0.5, 0.6) is 0 Å². The van der Waals surface area contributed by atoms with Gasteiger partial charge in [-0.15, -0.1) is 24.0 Å². The average molecular weight is 428 g/mol. The van der Waals surface area contributed by atoms with E-state index in [4.69, 9.17) is 5.73 Å². The van der Waals surface area contributed by atoms with Crippen molar-refractivity contribution in [1.29, 1.82) is 0 Å². The Hall–Kier alpha value is -1.67. The van der Waals surface area contributed by atoms with E-state index in [1.165, 1.54) is 12.1 Å². The van der Waals surface area contributed by atoms with Crippen LogP contribution in [0.2, 0.25) is 0 Å². The minimum absolute atomic E-state index is 0. The van der Waals surface area contributed by atoms with Gasteiger partial charge in [-0.3, -0.25) is 4.99 Å². The molecule has 0 aliphatic heterocycles. The van der Waals surface area contributed by atoms with Gasteiger partial charge >= 0.3 is 0 Å². The van der Waals surface area contributed by atoms with Gasteiger partial charge in [-0.2, -0.15) is 0 Å². The zero-order valence-corrected chi connectivity index (χ0v) is 15.4. The molecule has 2 aromatic carbocycles. The molecule has 0 heterocycles. The van der Waals surface area contributed by atoms with Crippen LogP contribution in [0.15, 0.2) is 59.6 Å². The lowest BCUT2D eigenvalue weighted by Crippen LogP contribution is -2.26. The number of anilines is 1. The maximum atomic E-state index is 12.8. The molecule has 2 aromatic rings. The third-order valence-electron chi connectivity index (χ3n) is 3.18. The number of nitrogens with one attached hydrogen (secondary N) is 1. The molecule has 0 aromatic heterocycles. The Labute approximate surface area is 153 Å². The maximum Gasteiger partial charge on any atom is 0.193 e. The molecule has 0 saturated carbocycles. The minimum Gasteiger partial charge on any atom is -0.370 e. The molecule has 6 heteroatoms. The quantitative estimate of drug-likeness (QED) is 0.422. The average Bonchev–Trinajstić information content (AvgIpc) is 2.50. The van der Waals surface area contributed by atoms with E-state index >= 15 is 0 Å². The van der Waals surface area contributed by atoms with E-state index in [1.54, 1.807) is 12.1 Å². The van der Waals surface area contributed by atoms with Crippen molar-refractivity contribution < 1.29 is 4.39 Å². The first kappa shape index (κ1) is 19.4. The summed E-state index contributed by atoms with van der Waals surface area (Å²) < 4.78 is 12.8. The number of rotatable bonds is 6. The SMILES string of the molecule is CN(CCN=C(N)Nc1ccccc1)Cc1ccc(F)cc1.I. The van der Waals surface area contributed by atoms with Crippen molar-refractivity contribution in [2.24, 2.45) is 10.7 Å². The van der Waals surface area contributed by atoms with Crippen LogP contribution >= 0.6 is 24.0 Å². The summed E-state index contributed by atoms with van der Waals surface area (Å²) in [5.74, 6) is 0.192. The number of halogens is 2. The molecule has 0 saturated heterocycles. The Morgan fingerprint density at radius 2 is 1.78 bits per heavy atom. The fourth-order valence-electron chi connectivity index (χ4n) is 2.03. The molecule has 3 N–H and O–H groups in total. The molecule has 0 bridgehead atoms. The third-order valence-corrected chi connectivity index (χ3v) is 3.18. The van der Waals surface area contributed by atoms with Gasteiger partial charge in [-0.1, -0.05) is 30.3 Å². The Bertz CT molecular complexity index is 602. The summed E-state index contributed by atoms with van der Waals surface area (Å²) in [6.07, 6.45) is 0. The Morgan fingerprint density at radius 3 is 2.43 bits per heavy atom. The summed E-state index contributed by atoms with van der Waals surface area (Å²) in [6, 6.07) is 16.2. The van der Waals surface area contributed by atoms with Crippen molar-refractivity contribution in [1.82, 2.24) is 4.90 Å². The summed E-state index contributed by atoms with van der Waals surface area (Å²) in [5.41, 5.74) is 7.83. The maximum absolute atomic E-state index is 12.8. The lowest BCUT2D eigenvalue weighted by molar-refractivity contribution is 0.336. The smallest absolute Gasteiger partial charge is 0.193 e. The molecule has 0 spiro atoms. The number of likely N-dealkylation sites (N-methyl/N-ethyl adjacent to an activating group) is 1. The summed E-state index contributed by atoms with van der Waals surface area (Å²) in [6.45, 7) is 2.12. The number of guanidine groups is 1. The topological polar surface area (TPSA) is 53.6 Å². The number of hydrogen-bond donors (Lipinski definition) is 2. The number of para-hydroxylation sites is 1. The molecule has 0 aliphatic rings. The van der Waals surface area contributed by atoms with Crippen LogP contribution < -0.4 is 11.1 Å². The van der Waals surface area contributed by atoms with Gasteiger partial charge < -0.3 is 16.0 Å². The second kappa shape index (κ2) is 10.2. The van der Waals surface area contributed by atoms with Crippen LogP contribution in [0, 0.1) is 5.82 Å². The van der Waals surface area contributed by atoms with Crippen LogP contribution in [0.25, 0.3) is 0 Å². The minimum atomic E-state index is -0.212. The zero-order chi connectivity index (χ0) is 15.8. The Balaban J connectivity index is 0.00000264. The molecular formula is C17H22FIN4. The molecule has 0 atom stereocenters. The molecule has 2 rings (SSSR count). The standard InChI is InChI=1S/C17H21FN4.HI/c1-22(13-14-7-9-15(18)10-8-14)12-11-20-17(19)21-16-5-3-2-4-6-16;/h2-10H,11-13H2,1H3,(H3,19,20,21);1H. The first-order chi connectivity index (χ1) is 10.6. The van der Waals surface area contributed by atoms with Gasteiger partial charge in [0.2, 0.25) is 0 Å². The van der Waals surface area contributed by atoms with E-state index < -0.39 is 0 Å². The highest BCUT2D eigenvalue weighted by atomic mass is 127. The van der Waals surface area contributed by atoms with Crippen LogP contribution in [-0.2, 0) is 6.54 Å². The number of hydrogen-bond acceptors (Lipinski definition) is 2. The Kier molecular flexibility index (Phi) is 8.57. The Morgan fingerprint density at radius 1 is 1.13 bits per heavy atom. The molecule has 0 aliphatic carbocycles. The number of nitrogens with two attached hydrogens (primary N) is 1. The highest BCUT2D eigenvalue weighted by molar-refractivity contribution is 14.0. The number of nitrogens with zero attached hydrogens (tertiary/aromatic N) is 2. The summed E-state index contributed by atoms with van der Waals surface area (Å²) in [4.78, 5) is 6.41. The van der Waals surface area contributed by atoms with E-state index in [9.17, 15) is 4.39 Å². The summed E-state index contributed by atoms with van der Waals surface area (Å²) >= 11 is 0. The number of aliphatic imine (C=N–C) groups is 1. The number of benzene rings is 2. The van der Waals surface area contributed by atoms with Gasteiger partial charge in [0, 0.05) is 18.8 Å². The summed E-state index contributed by atoms with van der Waals surface area (Å²) in [5, 5.41) is 3.04. The van der Waals surface area contributed by atoms with Crippen LogP contribution in [-0.4, -0.2) is 31.0 Å². The second-order valence-corrected chi connectivity index (χ2v) is 5.12. The molecule has 0 radical (unpaired) electrons. The first-order valence-corrected chi connectivity index (χ1v) is 7.18. The fourth-order valence-corrected chi connectivity index (χ4v) is 2.03. The van der Waals surface area contributed by atoms with Gasteiger partial charge in [-0.25, -0.2) is 4.39 Å². The molecular weight excluding hydrogens is 406 g/mol. The van der Waals surface area contributed by atoms with Gasteiger partial charge in [0.1, 0.15) is 5.82 Å². The van der Waals surface area contributed by atoms with Gasteiger partial charge in [0.15, 0.2) is 5.96 Å². The zero-order valence-electron chi connectivity index (χ0n) is 13.1. The third kappa shape index (κ3) is 7.43. The molecule has 0 fully saturated rings. The van der Waals surface area contributed by atoms with Gasteiger partial charge in [-0.05, 0) is 36.9 Å². The highest BCUT2D eigenvalue weighted by Gasteiger charge is 2.01. The lowest BCUT2D eigenvalue weighted by atomic mass is 10.2. The van der Waals surface area contributed by atoms with Crippen molar-refractivity contribution in [3.8, 4) is 0 Å². The van der Waals surface area contributed by atoms with Crippen molar-refractivity contribution in [2.75, 3.05) is 25.5 Å². The monoisotopic (exact) mass is 428 g/mol. The molecule has 0 amide bonds. The van der Waals surface area contributed by atoms with Crippen LogP contribution in [0.3, 0.4) is 0 Å². The van der Waals surface area contributed by atoms with E-state index in [1.807, 2.05) is 37.4 Å². The van der Waals surface area contributed by atoms with Gasteiger partial charge in [0.05, 0.1) is 6.54 Å². The van der Waals surface area contributed by atoms with Crippen LogP contribution in [0.4, 0.5) is 10.1 Å². The summed E-state index contributed by atoms with van der Waals surface area (Å²) in [7, 11) is 2.00. The van der Waals surface area contributed by atoms with E-state index in [0.717, 1.165) is 24.3 Å². The second-order valence-electron chi connectivity index (χ2n) is 5.12. The molecule has 4 nitrogen and oxygen atoms in total. The fraction of sp³-hybridized carbons (Fsp3) is 0.235. The van der Waals surface area contributed by atoms with Crippen molar-refractivity contribution in [2.45, 2.75) is 6.54 Å². The van der Waals surface area contributed by atoms with Crippen molar-refractivity contribution in [3.63, 3.8) is 0 Å². The van der Waals surface area contributed by atoms with E-state index in [0.29, 0.717) is 12.5 Å². The van der Waals surface area contributed by atoms with Crippen molar-refractivity contribution >= 4 is 35.6 Å². The molecule has 0 unspecified atom stereocenters. The lowest BCUT2D eigenvalue weighted by Gasteiger charge is -2.15. The normalized spacial score (nSPS) is 11.2. The predicted molar refractivity (Wildman–Crippen MR) is 105 cm³/mol. The highest BCUT2D eigenvalue weighted by Crippen LogP contribution is 2.06. The van der Waals surface area contributed by atoms with E-state index in [-0.39, 0.29) is 29.8 Å². The first-order valence-electron chi connectivity index (χ1n) is 7.18. The largest absolute Gasteiger partial charge is 0.370 e. The van der Waals surface area contributed by atoms with Gasteiger partial charge in [0.25, 0.3) is 0 Å². The predicted octanol–water partition coefficient (Wildman–Crippen LogP) is 3.30. The van der Waals surface area contributed by atoms with Crippen LogP contribution in [0.1, 0.15) is 5.56 Å². The van der Waals surface area contributed by atoms with Crippen molar-refractivity contribution in [3.05, 3.63) is 66.0 Å². The van der Waals surface area contributed by atoms with E-state index in [2.05, 4.69) is 15.2 Å². The molecule has 124 valence electrons.